The number of hydrogen-bond acceptors (Lipinski definition) is 4. The molecule has 1 fully saturated rings. The first-order valence-corrected chi connectivity index (χ1v) is 13.2. The average molecular weight is 500 g/mol. The van der Waals surface area contributed by atoms with Crippen molar-refractivity contribution in [3.05, 3.63) is 84.4 Å². The number of nitrogens with one attached hydrogen (secondary N) is 3. The van der Waals surface area contributed by atoms with Crippen molar-refractivity contribution < 1.29 is 14.3 Å². The van der Waals surface area contributed by atoms with E-state index in [1.165, 1.54) is 19.3 Å². The summed E-state index contributed by atoms with van der Waals surface area (Å²) in [5.74, 6) is 0.917. The zero-order valence-electron chi connectivity index (χ0n) is 21.5. The molecule has 3 aromatic carbocycles. The topological polar surface area (TPSA) is 79.5 Å². The van der Waals surface area contributed by atoms with Crippen LogP contribution < -0.4 is 20.7 Å². The molecule has 0 aliphatic heterocycles. The van der Waals surface area contributed by atoms with E-state index in [-0.39, 0.29) is 11.8 Å². The van der Waals surface area contributed by atoms with Gasteiger partial charge in [0.15, 0.2) is 0 Å². The van der Waals surface area contributed by atoms with Gasteiger partial charge in [-0.05, 0) is 59.9 Å². The van der Waals surface area contributed by atoms with Gasteiger partial charge in [-0.3, -0.25) is 9.59 Å². The Hall–Kier alpha value is -3.80. The van der Waals surface area contributed by atoms with Gasteiger partial charge >= 0.3 is 0 Å². The molecule has 4 rings (SSSR count). The first-order valence-electron chi connectivity index (χ1n) is 13.2. The Balaban J connectivity index is 1.34. The monoisotopic (exact) mass is 499 g/mol. The number of amides is 2. The summed E-state index contributed by atoms with van der Waals surface area (Å²) in [5, 5.41) is 9.34. The van der Waals surface area contributed by atoms with Crippen molar-refractivity contribution >= 4 is 17.5 Å². The largest absolute Gasteiger partial charge is 0.497 e. The minimum atomic E-state index is -0.551. The lowest BCUT2D eigenvalue weighted by molar-refractivity contribution is -0.123. The van der Waals surface area contributed by atoms with E-state index in [1.807, 2.05) is 78.9 Å². The van der Waals surface area contributed by atoms with E-state index < -0.39 is 6.04 Å². The molecule has 6 nitrogen and oxygen atoms in total. The van der Waals surface area contributed by atoms with Crippen LogP contribution in [0.15, 0.2) is 78.9 Å². The highest BCUT2D eigenvalue weighted by Gasteiger charge is 2.26. The maximum atomic E-state index is 13.1. The fourth-order valence-corrected chi connectivity index (χ4v) is 4.90. The highest BCUT2D eigenvalue weighted by atomic mass is 16.5. The summed E-state index contributed by atoms with van der Waals surface area (Å²) < 4.78 is 5.19. The molecule has 0 saturated heterocycles. The Morgan fingerprint density at radius 3 is 2.19 bits per heavy atom. The predicted octanol–water partition coefficient (Wildman–Crippen LogP) is 5.66. The van der Waals surface area contributed by atoms with Crippen LogP contribution in [0.3, 0.4) is 0 Å². The summed E-state index contributed by atoms with van der Waals surface area (Å²) in [4.78, 5) is 26.3. The van der Waals surface area contributed by atoms with Crippen LogP contribution >= 0.6 is 0 Å². The molecule has 0 aromatic heterocycles. The van der Waals surface area contributed by atoms with Crippen LogP contribution in [0.25, 0.3) is 11.1 Å². The van der Waals surface area contributed by atoms with Crippen molar-refractivity contribution in [1.29, 1.82) is 0 Å². The smallest absolute Gasteiger partial charge is 0.251 e. The van der Waals surface area contributed by atoms with Crippen LogP contribution in [-0.2, 0) is 4.79 Å². The standard InChI is InChI=1S/C31H37N3O3/c1-37-28-18-16-27(17-19-28)32-20-21-33-31(36)29(22-23-8-4-2-5-9-23)34-30(35)26-14-12-25(13-15-26)24-10-6-3-7-11-24/h3,6-7,10-19,23,29,32H,2,4-5,8-9,20-22H2,1H3,(H,33,36)(H,34,35)/t29-/m0/s1. The Morgan fingerprint density at radius 1 is 0.838 bits per heavy atom. The third-order valence-corrected chi connectivity index (χ3v) is 7.01. The van der Waals surface area contributed by atoms with Crippen molar-refractivity contribution in [2.75, 3.05) is 25.5 Å². The van der Waals surface area contributed by atoms with Crippen LogP contribution in [-0.4, -0.2) is 38.1 Å². The lowest BCUT2D eigenvalue weighted by Gasteiger charge is -2.26. The number of anilines is 1. The predicted molar refractivity (Wildman–Crippen MR) is 149 cm³/mol. The molecule has 0 heterocycles. The molecule has 0 unspecified atom stereocenters. The fraction of sp³-hybridized carbons (Fsp3) is 0.355. The normalized spacial score (nSPS) is 14.4. The lowest BCUT2D eigenvalue weighted by Crippen LogP contribution is -2.48. The number of methoxy groups -OCH3 is 1. The lowest BCUT2D eigenvalue weighted by atomic mass is 9.84. The maximum Gasteiger partial charge on any atom is 0.251 e. The Labute approximate surface area is 219 Å². The van der Waals surface area contributed by atoms with Gasteiger partial charge in [-0.25, -0.2) is 0 Å². The molecule has 194 valence electrons. The summed E-state index contributed by atoms with van der Waals surface area (Å²) >= 11 is 0. The zero-order valence-corrected chi connectivity index (χ0v) is 21.5. The number of ether oxygens (including phenoxy) is 1. The molecular formula is C31H37N3O3. The molecule has 0 radical (unpaired) electrons. The molecule has 2 amide bonds. The van der Waals surface area contributed by atoms with E-state index in [1.54, 1.807) is 7.11 Å². The first-order chi connectivity index (χ1) is 18.1. The summed E-state index contributed by atoms with van der Waals surface area (Å²) in [6.07, 6.45) is 6.55. The van der Waals surface area contributed by atoms with Crippen molar-refractivity contribution in [2.45, 2.75) is 44.6 Å². The minimum Gasteiger partial charge on any atom is -0.497 e. The maximum absolute atomic E-state index is 13.1. The second kappa shape index (κ2) is 13.5. The van der Waals surface area contributed by atoms with Gasteiger partial charge in [0.05, 0.1) is 7.11 Å². The van der Waals surface area contributed by atoms with Gasteiger partial charge in [0, 0.05) is 24.3 Å². The summed E-state index contributed by atoms with van der Waals surface area (Å²) in [7, 11) is 1.64. The van der Waals surface area contributed by atoms with Crippen molar-refractivity contribution in [3.8, 4) is 16.9 Å². The quantitative estimate of drug-likeness (QED) is 0.298. The molecule has 37 heavy (non-hydrogen) atoms. The Morgan fingerprint density at radius 2 is 1.51 bits per heavy atom. The highest BCUT2D eigenvalue weighted by molar-refractivity contribution is 5.97. The number of rotatable bonds is 11. The third-order valence-electron chi connectivity index (χ3n) is 7.01. The van der Waals surface area contributed by atoms with Gasteiger partial charge in [-0.1, -0.05) is 74.6 Å². The minimum absolute atomic E-state index is 0.128. The highest BCUT2D eigenvalue weighted by Crippen LogP contribution is 2.27. The van der Waals surface area contributed by atoms with Crippen molar-refractivity contribution in [2.24, 2.45) is 5.92 Å². The molecule has 1 aliphatic carbocycles. The molecule has 1 aliphatic rings. The third kappa shape index (κ3) is 7.84. The zero-order chi connectivity index (χ0) is 25.9. The van der Waals surface area contributed by atoms with E-state index in [0.29, 0.717) is 31.0 Å². The van der Waals surface area contributed by atoms with Crippen molar-refractivity contribution in [1.82, 2.24) is 10.6 Å². The molecule has 1 atom stereocenters. The summed E-state index contributed by atoms with van der Waals surface area (Å²) in [6.45, 7) is 1.05. The van der Waals surface area contributed by atoms with E-state index in [0.717, 1.165) is 35.4 Å². The Kier molecular flexibility index (Phi) is 9.58. The van der Waals surface area contributed by atoms with E-state index in [9.17, 15) is 9.59 Å². The second-order valence-corrected chi connectivity index (χ2v) is 9.66. The molecular weight excluding hydrogens is 462 g/mol. The van der Waals surface area contributed by atoms with Crippen molar-refractivity contribution in [3.63, 3.8) is 0 Å². The van der Waals surface area contributed by atoms with Gasteiger partial charge in [0.25, 0.3) is 5.91 Å². The number of carbonyl (C=O) groups excluding carboxylic acids is 2. The van der Waals surface area contributed by atoms with E-state index in [4.69, 9.17) is 4.74 Å². The van der Waals surface area contributed by atoms with Gasteiger partial charge < -0.3 is 20.7 Å². The molecule has 1 saturated carbocycles. The average Bonchev–Trinajstić information content (AvgIpc) is 2.96. The fourth-order valence-electron chi connectivity index (χ4n) is 4.90. The number of benzene rings is 3. The van der Waals surface area contributed by atoms with Gasteiger partial charge in [-0.15, -0.1) is 0 Å². The van der Waals surface area contributed by atoms with Gasteiger partial charge in [0.2, 0.25) is 5.91 Å². The van der Waals surface area contributed by atoms with Crippen LogP contribution in [0, 0.1) is 5.92 Å². The molecule has 0 spiro atoms. The number of carbonyl (C=O) groups is 2. The summed E-state index contributed by atoms with van der Waals surface area (Å²) in [5.41, 5.74) is 3.67. The van der Waals surface area contributed by atoms with Crippen LogP contribution in [0.2, 0.25) is 0 Å². The summed E-state index contributed by atoms with van der Waals surface area (Å²) in [6, 6.07) is 24.7. The second-order valence-electron chi connectivity index (χ2n) is 9.66. The molecule has 3 aromatic rings. The molecule has 6 heteroatoms. The van der Waals surface area contributed by atoms with E-state index in [2.05, 4.69) is 16.0 Å². The first kappa shape index (κ1) is 26.3. The van der Waals surface area contributed by atoms with Crippen LogP contribution in [0.1, 0.15) is 48.9 Å². The Bertz CT molecular complexity index is 1120. The SMILES string of the molecule is COc1ccc(NCCNC(=O)[C@H](CC2CCCCC2)NC(=O)c2ccc(-c3ccccc3)cc2)cc1. The van der Waals surface area contributed by atoms with Crippen LogP contribution in [0.5, 0.6) is 5.75 Å². The molecule has 3 N–H and O–H groups in total. The van der Waals surface area contributed by atoms with Crippen LogP contribution in [0.4, 0.5) is 5.69 Å². The number of hydrogen-bond donors (Lipinski definition) is 3. The van der Waals surface area contributed by atoms with Gasteiger partial charge in [-0.2, -0.15) is 0 Å². The van der Waals surface area contributed by atoms with E-state index >= 15 is 0 Å². The van der Waals surface area contributed by atoms with Gasteiger partial charge in [0.1, 0.15) is 11.8 Å². The molecule has 0 bridgehead atoms.